The van der Waals surface area contributed by atoms with Gasteiger partial charge in [0.15, 0.2) is 0 Å². The maximum atomic E-state index is 8.51. The fraction of sp³-hybridized carbons (Fsp3) is 0.929. The molecule has 3 aliphatic rings. The van der Waals surface area contributed by atoms with Crippen molar-refractivity contribution in [2.45, 2.75) is 37.8 Å². The summed E-state index contributed by atoms with van der Waals surface area (Å²) in [7, 11) is 4.45. The number of hydrogen-bond donors (Lipinski definition) is 1. The van der Waals surface area contributed by atoms with Gasteiger partial charge in [-0.1, -0.05) is 0 Å². The molecule has 3 saturated heterocycles. The van der Waals surface area contributed by atoms with E-state index in [1.54, 1.807) is 0 Å². The van der Waals surface area contributed by atoms with Crippen LogP contribution in [0.25, 0.3) is 0 Å². The third-order valence-electron chi connectivity index (χ3n) is 5.33. The molecule has 3 rings (SSSR count). The van der Waals surface area contributed by atoms with E-state index in [0.29, 0.717) is 5.92 Å². The third-order valence-corrected chi connectivity index (χ3v) is 5.33. The molecule has 0 saturated carbocycles. The molecule has 2 bridgehead atoms. The number of likely N-dealkylation sites (N-methyl/N-ethyl adjacent to an activating group) is 1. The van der Waals surface area contributed by atoms with Crippen molar-refractivity contribution in [3.63, 3.8) is 0 Å². The standard InChI is InChI=1S/C14H26N4/c1-16-5-7-18(8-6-16)14(15)11-9-12-3-4-13(10-11)17(12)2/h11-13,15H,3-10H2,1-2H3. The molecule has 0 aliphatic carbocycles. The molecule has 18 heavy (non-hydrogen) atoms. The quantitative estimate of drug-likeness (QED) is 0.558. The van der Waals surface area contributed by atoms with Gasteiger partial charge in [0, 0.05) is 44.2 Å². The zero-order chi connectivity index (χ0) is 12.7. The number of piperidine rings is 1. The molecule has 0 spiro atoms. The highest BCUT2D eigenvalue weighted by Gasteiger charge is 2.40. The van der Waals surface area contributed by atoms with E-state index in [1.807, 2.05) is 0 Å². The van der Waals surface area contributed by atoms with Crippen molar-refractivity contribution in [3.05, 3.63) is 0 Å². The van der Waals surface area contributed by atoms with Gasteiger partial charge in [0.2, 0.25) is 0 Å². The molecule has 3 heterocycles. The van der Waals surface area contributed by atoms with E-state index >= 15 is 0 Å². The third kappa shape index (κ3) is 2.16. The fourth-order valence-electron chi connectivity index (χ4n) is 3.94. The summed E-state index contributed by atoms with van der Waals surface area (Å²) >= 11 is 0. The van der Waals surface area contributed by atoms with Gasteiger partial charge in [-0.05, 0) is 39.8 Å². The molecular weight excluding hydrogens is 224 g/mol. The minimum absolute atomic E-state index is 0.530. The molecule has 1 N–H and O–H groups in total. The summed E-state index contributed by atoms with van der Waals surface area (Å²) in [6.07, 6.45) is 5.15. The lowest BCUT2D eigenvalue weighted by Crippen LogP contribution is -2.51. The minimum Gasteiger partial charge on any atom is -0.358 e. The first-order valence-electron chi connectivity index (χ1n) is 7.39. The molecule has 3 fully saturated rings. The summed E-state index contributed by atoms with van der Waals surface area (Å²) in [5.41, 5.74) is 0. The predicted octanol–water partition coefficient (Wildman–Crippen LogP) is 1.08. The Labute approximate surface area is 110 Å². The SMILES string of the molecule is CN1CCN(C(=N)C2CC3CCC(C2)N3C)CC1. The van der Waals surface area contributed by atoms with E-state index in [-0.39, 0.29) is 0 Å². The Hall–Kier alpha value is -0.610. The topological polar surface area (TPSA) is 33.6 Å². The number of fused-ring (bicyclic) bond motifs is 2. The highest BCUT2D eigenvalue weighted by molar-refractivity contribution is 5.82. The van der Waals surface area contributed by atoms with Crippen LogP contribution in [0, 0.1) is 11.3 Å². The zero-order valence-electron chi connectivity index (χ0n) is 11.7. The molecule has 102 valence electrons. The van der Waals surface area contributed by atoms with Gasteiger partial charge in [-0.3, -0.25) is 5.41 Å². The van der Waals surface area contributed by atoms with Crippen LogP contribution in [0.3, 0.4) is 0 Å². The largest absolute Gasteiger partial charge is 0.358 e. The van der Waals surface area contributed by atoms with Crippen LogP contribution < -0.4 is 0 Å². The van der Waals surface area contributed by atoms with Crippen molar-refractivity contribution >= 4 is 5.84 Å². The van der Waals surface area contributed by atoms with Gasteiger partial charge in [0.25, 0.3) is 0 Å². The lowest BCUT2D eigenvalue weighted by atomic mass is 9.89. The van der Waals surface area contributed by atoms with Crippen LogP contribution in [0.4, 0.5) is 0 Å². The average molecular weight is 250 g/mol. The van der Waals surface area contributed by atoms with Crippen LogP contribution in [0.5, 0.6) is 0 Å². The second kappa shape index (κ2) is 4.82. The fourth-order valence-corrected chi connectivity index (χ4v) is 3.94. The monoisotopic (exact) mass is 250 g/mol. The Morgan fingerprint density at radius 1 is 0.944 bits per heavy atom. The Kier molecular flexibility index (Phi) is 3.32. The van der Waals surface area contributed by atoms with E-state index in [1.165, 1.54) is 25.7 Å². The molecule has 0 aromatic heterocycles. The second-order valence-electron chi connectivity index (χ2n) is 6.39. The number of amidine groups is 1. The first-order chi connectivity index (χ1) is 8.65. The maximum absolute atomic E-state index is 8.51. The van der Waals surface area contributed by atoms with E-state index in [2.05, 4.69) is 28.8 Å². The summed E-state index contributed by atoms with van der Waals surface area (Å²) in [5.74, 6) is 1.47. The first kappa shape index (κ1) is 12.4. The predicted molar refractivity (Wildman–Crippen MR) is 74.1 cm³/mol. The molecule has 0 amide bonds. The molecule has 4 heteroatoms. The van der Waals surface area contributed by atoms with Crippen molar-refractivity contribution in [1.82, 2.24) is 14.7 Å². The lowest BCUT2D eigenvalue weighted by Gasteiger charge is -2.41. The zero-order valence-corrected chi connectivity index (χ0v) is 11.7. The summed E-state index contributed by atoms with van der Waals surface area (Å²) in [5, 5.41) is 8.51. The molecule has 2 unspecified atom stereocenters. The molecule has 0 radical (unpaired) electrons. The number of piperazine rings is 1. The van der Waals surface area contributed by atoms with Crippen LogP contribution in [-0.2, 0) is 0 Å². The Morgan fingerprint density at radius 3 is 2.06 bits per heavy atom. The molecule has 0 aromatic carbocycles. The number of nitrogens with zero attached hydrogens (tertiary/aromatic N) is 3. The van der Waals surface area contributed by atoms with Crippen LogP contribution in [0.2, 0.25) is 0 Å². The van der Waals surface area contributed by atoms with Crippen molar-refractivity contribution in [2.75, 3.05) is 40.3 Å². The first-order valence-corrected chi connectivity index (χ1v) is 7.39. The van der Waals surface area contributed by atoms with Gasteiger partial charge in [-0.2, -0.15) is 0 Å². The lowest BCUT2D eigenvalue weighted by molar-refractivity contribution is 0.145. The second-order valence-corrected chi connectivity index (χ2v) is 6.39. The Balaban J connectivity index is 1.60. The Morgan fingerprint density at radius 2 is 1.50 bits per heavy atom. The van der Waals surface area contributed by atoms with Gasteiger partial charge in [-0.15, -0.1) is 0 Å². The van der Waals surface area contributed by atoms with Crippen LogP contribution in [-0.4, -0.2) is 72.9 Å². The van der Waals surface area contributed by atoms with E-state index in [0.717, 1.165) is 44.1 Å². The van der Waals surface area contributed by atoms with Crippen LogP contribution in [0.15, 0.2) is 0 Å². The number of rotatable bonds is 1. The Bertz CT molecular complexity index is 308. The maximum Gasteiger partial charge on any atom is 0.0991 e. The normalized spacial score (nSPS) is 38.1. The smallest absolute Gasteiger partial charge is 0.0991 e. The summed E-state index contributed by atoms with van der Waals surface area (Å²) in [6, 6.07) is 1.50. The van der Waals surface area contributed by atoms with Gasteiger partial charge < -0.3 is 14.7 Å². The summed E-state index contributed by atoms with van der Waals surface area (Å²) < 4.78 is 0. The van der Waals surface area contributed by atoms with Gasteiger partial charge in [0.1, 0.15) is 0 Å². The summed E-state index contributed by atoms with van der Waals surface area (Å²) in [6.45, 7) is 4.33. The number of nitrogens with one attached hydrogen (secondary N) is 1. The van der Waals surface area contributed by atoms with Crippen molar-refractivity contribution in [3.8, 4) is 0 Å². The molecular formula is C14H26N4. The van der Waals surface area contributed by atoms with E-state index < -0.39 is 0 Å². The minimum atomic E-state index is 0.530. The molecule has 3 aliphatic heterocycles. The highest BCUT2D eigenvalue weighted by Crippen LogP contribution is 2.38. The van der Waals surface area contributed by atoms with Crippen LogP contribution in [0.1, 0.15) is 25.7 Å². The molecule has 0 aromatic rings. The van der Waals surface area contributed by atoms with Crippen molar-refractivity contribution < 1.29 is 0 Å². The highest BCUT2D eigenvalue weighted by atomic mass is 15.3. The molecule has 4 nitrogen and oxygen atoms in total. The van der Waals surface area contributed by atoms with E-state index in [4.69, 9.17) is 5.41 Å². The van der Waals surface area contributed by atoms with Crippen LogP contribution >= 0.6 is 0 Å². The van der Waals surface area contributed by atoms with Crippen molar-refractivity contribution in [1.29, 1.82) is 5.41 Å². The van der Waals surface area contributed by atoms with Gasteiger partial charge in [-0.25, -0.2) is 0 Å². The van der Waals surface area contributed by atoms with Gasteiger partial charge >= 0.3 is 0 Å². The average Bonchev–Trinajstić information content (AvgIpc) is 2.62. The van der Waals surface area contributed by atoms with Crippen molar-refractivity contribution in [2.24, 2.45) is 5.92 Å². The van der Waals surface area contributed by atoms with Gasteiger partial charge in [0.05, 0.1) is 5.84 Å². The number of hydrogen-bond acceptors (Lipinski definition) is 3. The summed E-state index contributed by atoms with van der Waals surface area (Å²) in [4.78, 5) is 7.26. The van der Waals surface area contributed by atoms with E-state index in [9.17, 15) is 0 Å². The molecule has 2 atom stereocenters.